The number of para-hydroxylation sites is 2. The van der Waals surface area contributed by atoms with Gasteiger partial charge in [-0.05, 0) is 42.3 Å². The van der Waals surface area contributed by atoms with Crippen molar-refractivity contribution in [2.75, 3.05) is 15.3 Å². The van der Waals surface area contributed by atoms with Crippen molar-refractivity contribution in [2.24, 2.45) is 5.92 Å². The van der Waals surface area contributed by atoms with Crippen LogP contribution in [0, 0.1) is 5.92 Å². The first-order chi connectivity index (χ1) is 11.6. The molecule has 0 aromatic heterocycles. The number of hydrogen-bond donors (Lipinski definition) is 2. The van der Waals surface area contributed by atoms with E-state index in [9.17, 15) is 4.79 Å². The van der Waals surface area contributed by atoms with Crippen molar-refractivity contribution in [3.05, 3.63) is 64.9 Å². The predicted molar refractivity (Wildman–Crippen MR) is 96.5 cm³/mol. The summed E-state index contributed by atoms with van der Waals surface area (Å²) in [7, 11) is 0. The molecule has 0 aliphatic carbocycles. The lowest BCUT2D eigenvalue weighted by atomic mass is 10.0. The number of carbonyl (C=O) groups is 1. The lowest BCUT2D eigenvalue weighted by Crippen LogP contribution is -2.41. The molecule has 0 bridgehead atoms. The molecule has 0 spiro atoms. The average Bonchev–Trinajstić information content (AvgIpc) is 2.93. The third-order valence-electron chi connectivity index (χ3n) is 4.16. The van der Waals surface area contributed by atoms with E-state index in [0.717, 1.165) is 22.8 Å². The van der Waals surface area contributed by atoms with Crippen LogP contribution in [0.3, 0.4) is 0 Å². The average molecular weight is 341 g/mol. The fourth-order valence-electron chi connectivity index (χ4n) is 2.97. The van der Waals surface area contributed by atoms with Gasteiger partial charge in [0.1, 0.15) is 5.70 Å². The second kappa shape index (κ2) is 5.54. The largest absolute Gasteiger partial charge is 0.355 e. The second-order valence-corrected chi connectivity index (χ2v) is 6.55. The zero-order chi connectivity index (χ0) is 16.8. The van der Waals surface area contributed by atoms with Crippen LogP contribution in [0.4, 0.5) is 17.1 Å². The van der Waals surface area contributed by atoms with E-state index in [1.54, 1.807) is 12.1 Å². The first-order valence-corrected chi connectivity index (χ1v) is 8.20. The smallest absolute Gasteiger partial charge is 0.294 e. The van der Waals surface area contributed by atoms with Gasteiger partial charge in [0.25, 0.3) is 5.91 Å². The fourth-order valence-corrected chi connectivity index (χ4v) is 3.09. The Balaban J connectivity index is 1.82. The number of benzene rings is 2. The Kier molecular flexibility index (Phi) is 3.48. The molecule has 2 aromatic carbocycles. The van der Waals surface area contributed by atoms with E-state index in [-0.39, 0.29) is 11.8 Å². The lowest BCUT2D eigenvalue weighted by molar-refractivity contribution is -0.114. The van der Waals surface area contributed by atoms with E-state index < -0.39 is 0 Å². The number of nitrogens with one attached hydrogen (secondary N) is 2. The maximum absolute atomic E-state index is 13.0. The van der Waals surface area contributed by atoms with Crippen LogP contribution in [-0.2, 0) is 4.79 Å². The molecule has 2 N–H and O–H groups in total. The van der Waals surface area contributed by atoms with Crippen molar-refractivity contribution in [1.29, 1.82) is 0 Å². The summed E-state index contributed by atoms with van der Waals surface area (Å²) >= 11 is 5.95. The minimum absolute atomic E-state index is 0.0944. The van der Waals surface area contributed by atoms with Gasteiger partial charge in [0, 0.05) is 10.7 Å². The van der Waals surface area contributed by atoms with Gasteiger partial charge in [-0.1, -0.05) is 37.6 Å². The summed E-state index contributed by atoms with van der Waals surface area (Å²) in [5.74, 6) is 0.0924. The SMILES string of the molecule is CC(C)C1=C2C(=O)N(c3ccc(Cl)cc3)NN2c2ccccc2N1. The van der Waals surface area contributed by atoms with Gasteiger partial charge in [-0.3, -0.25) is 4.79 Å². The maximum atomic E-state index is 13.0. The van der Waals surface area contributed by atoms with Crippen molar-refractivity contribution in [1.82, 2.24) is 5.53 Å². The maximum Gasteiger partial charge on any atom is 0.294 e. The van der Waals surface area contributed by atoms with E-state index in [2.05, 4.69) is 24.7 Å². The van der Waals surface area contributed by atoms with Crippen molar-refractivity contribution in [3.8, 4) is 0 Å². The summed E-state index contributed by atoms with van der Waals surface area (Å²) in [5, 5.41) is 7.43. The standard InChI is InChI=1S/C18H17ClN4O/c1-11(2)16-17-18(24)22(13-9-7-12(19)8-10-13)21-23(17)15-6-4-3-5-14(15)20-16/h3-11,20-21H,1-2H3. The molecule has 2 heterocycles. The molecule has 5 nitrogen and oxygen atoms in total. The molecular weight excluding hydrogens is 324 g/mol. The summed E-state index contributed by atoms with van der Waals surface area (Å²) in [6.07, 6.45) is 0. The van der Waals surface area contributed by atoms with Gasteiger partial charge in [0.2, 0.25) is 0 Å². The van der Waals surface area contributed by atoms with Gasteiger partial charge in [-0.25, -0.2) is 10.0 Å². The van der Waals surface area contributed by atoms with E-state index in [0.29, 0.717) is 10.7 Å². The van der Waals surface area contributed by atoms with Crippen molar-refractivity contribution in [3.63, 3.8) is 0 Å². The number of anilines is 3. The fraction of sp³-hybridized carbons (Fsp3) is 0.167. The van der Waals surface area contributed by atoms with Crippen molar-refractivity contribution in [2.45, 2.75) is 13.8 Å². The number of carbonyl (C=O) groups excluding carboxylic acids is 1. The quantitative estimate of drug-likeness (QED) is 0.870. The van der Waals surface area contributed by atoms with Crippen LogP contribution in [0.1, 0.15) is 13.8 Å². The Bertz CT molecular complexity index is 844. The summed E-state index contributed by atoms with van der Waals surface area (Å²) in [6, 6.07) is 15.1. The number of hydrazine groups is 2. The van der Waals surface area contributed by atoms with Gasteiger partial charge in [-0.2, -0.15) is 0 Å². The van der Waals surface area contributed by atoms with Crippen LogP contribution in [-0.4, -0.2) is 5.91 Å². The molecule has 1 fully saturated rings. The molecule has 0 unspecified atom stereocenters. The Morgan fingerprint density at radius 1 is 1.00 bits per heavy atom. The first-order valence-electron chi connectivity index (χ1n) is 7.83. The molecule has 24 heavy (non-hydrogen) atoms. The highest BCUT2D eigenvalue weighted by Gasteiger charge is 2.41. The lowest BCUT2D eigenvalue weighted by Gasteiger charge is -2.30. The molecule has 1 saturated heterocycles. The summed E-state index contributed by atoms with van der Waals surface area (Å²) in [5.41, 5.74) is 7.36. The number of fused-ring (bicyclic) bond motifs is 3. The van der Waals surface area contributed by atoms with Crippen LogP contribution < -0.4 is 20.9 Å². The molecule has 4 rings (SSSR count). The Labute approximate surface area is 145 Å². The summed E-state index contributed by atoms with van der Waals surface area (Å²) in [6.45, 7) is 4.14. The first kappa shape index (κ1) is 15.1. The zero-order valence-electron chi connectivity index (χ0n) is 13.4. The topological polar surface area (TPSA) is 47.6 Å². The van der Waals surface area contributed by atoms with Gasteiger partial charge in [-0.15, -0.1) is 5.53 Å². The highest BCUT2D eigenvalue weighted by Crippen LogP contribution is 2.39. The molecule has 2 aliphatic heterocycles. The van der Waals surface area contributed by atoms with Crippen LogP contribution in [0.25, 0.3) is 0 Å². The van der Waals surface area contributed by atoms with Crippen LogP contribution in [0.15, 0.2) is 59.9 Å². The van der Waals surface area contributed by atoms with Crippen LogP contribution in [0.5, 0.6) is 0 Å². The second-order valence-electron chi connectivity index (χ2n) is 6.11. The molecule has 2 aliphatic rings. The number of rotatable bonds is 2. The van der Waals surface area contributed by atoms with E-state index >= 15 is 0 Å². The molecule has 122 valence electrons. The predicted octanol–water partition coefficient (Wildman–Crippen LogP) is 3.91. The van der Waals surface area contributed by atoms with Crippen molar-refractivity contribution >= 4 is 34.6 Å². The number of allylic oxidation sites excluding steroid dienone is 1. The van der Waals surface area contributed by atoms with Crippen molar-refractivity contribution < 1.29 is 4.79 Å². The molecule has 0 radical (unpaired) electrons. The molecule has 6 heteroatoms. The van der Waals surface area contributed by atoms with Gasteiger partial charge in [0.05, 0.1) is 17.1 Å². The Morgan fingerprint density at radius 2 is 1.71 bits per heavy atom. The number of amides is 1. The molecule has 2 aromatic rings. The Morgan fingerprint density at radius 3 is 2.42 bits per heavy atom. The van der Waals surface area contributed by atoms with Crippen LogP contribution >= 0.6 is 11.6 Å². The molecule has 1 amide bonds. The van der Waals surface area contributed by atoms with Gasteiger partial charge < -0.3 is 5.32 Å². The third kappa shape index (κ3) is 2.25. The number of halogens is 1. The zero-order valence-corrected chi connectivity index (χ0v) is 14.1. The monoisotopic (exact) mass is 340 g/mol. The minimum Gasteiger partial charge on any atom is -0.355 e. The molecule has 0 atom stereocenters. The highest BCUT2D eigenvalue weighted by molar-refractivity contribution is 6.30. The molecule has 0 saturated carbocycles. The summed E-state index contributed by atoms with van der Waals surface area (Å²) < 4.78 is 0. The van der Waals surface area contributed by atoms with Gasteiger partial charge >= 0.3 is 0 Å². The van der Waals surface area contributed by atoms with E-state index in [4.69, 9.17) is 11.6 Å². The minimum atomic E-state index is -0.0944. The van der Waals surface area contributed by atoms with E-state index in [1.165, 1.54) is 5.01 Å². The number of nitrogens with zero attached hydrogens (tertiary/aromatic N) is 2. The highest BCUT2D eigenvalue weighted by atomic mass is 35.5. The van der Waals surface area contributed by atoms with E-state index in [1.807, 2.05) is 41.4 Å². The molecular formula is C18H17ClN4O. The normalized spacial score (nSPS) is 16.4. The van der Waals surface area contributed by atoms with Gasteiger partial charge in [0.15, 0.2) is 0 Å². The van der Waals surface area contributed by atoms with Crippen LogP contribution in [0.2, 0.25) is 5.02 Å². The summed E-state index contributed by atoms with van der Waals surface area (Å²) in [4.78, 5) is 13.0. The third-order valence-corrected chi connectivity index (χ3v) is 4.41. The Hall–Kier alpha value is -2.50. The number of hydrogen-bond acceptors (Lipinski definition) is 4.